The van der Waals surface area contributed by atoms with Crippen molar-refractivity contribution < 1.29 is 14.7 Å². The highest BCUT2D eigenvalue weighted by Crippen LogP contribution is 2.25. The van der Waals surface area contributed by atoms with Gasteiger partial charge in [-0.1, -0.05) is 41.9 Å². The quantitative estimate of drug-likeness (QED) is 0.533. The minimum Gasteiger partial charge on any atom is -0.478 e. The Labute approximate surface area is 197 Å². The molecular formula is C25H25ClN4O3. The van der Waals surface area contributed by atoms with E-state index in [0.29, 0.717) is 48.2 Å². The standard InChI is InChI=1S/C25H25ClN4O3/c1-16-6-2-3-7-17(16)11-12-21-20(24(32)33)15-27-25(29-21)30-13-5-10-22(30)23(31)28-19-9-4-8-18(26)14-19/h2-4,6-9,14-15,22H,5,10-13H2,1H3,(H,28,31)(H,32,33). The Morgan fingerprint density at radius 1 is 1.18 bits per heavy atom. The Bertz CT molecular complexity index is 1180. The Hall–Kier alpha value is -3.45. The van der Waals surface area contributed by atoms with Crippen molar-refractivity contribution in [3.05, 3.63) is 82.1 Å². The molecule has 1 aliphatic heterocycles. The molecule has 0 spiro atoms. The normalized spacial score (nSPS) is 15.5. The molecule has 2 heterocycles. The number of aromatic carboxylic acids is 1. The molecule has 170 valence electrons. The highest BCUT2D eigenvalue weighted by atomic mass is 35.5. The minimum atomic E-state index is -1.06. The summed E-state index contributed by atoms with van der Waals surface area (Å²) in [5.74, 6) is -0.844. The first-order chi connectivity index (χ1) is 15.9. The van der Waals surface area contributed by atoms with E-state index >= 15 is 0 Å². The second kappa shape index (κ2) is 10.0. The fourth-order valence-electron chi connectivity index (χ4n) is 4.13. The molecule has 1 amide bonds. The smallest absolute Gasteiger partial charge is 0.339 e. The molecule has 3 aromatic rings. The molecular weight excluding hydrogens is 440 g/mol. The van der Waals surface area contributed by atoms with E-state index in [-0.39, 0.29) is 11.5 Å². The van der Waals surface area contributed by atoms with E-state index in [1.54, 1.807) is 24.3 Å². The Balaban J connectivity index is 1.55. The molecule has 2 aromatic carbocycles. The number of amides is 1. The molecule has 1 saturated heterocycles. The molecule has 1 aromatic heterocycles. The van der Waals surface area contributed by atoms with Crippen LogP contribution in [0.3, 0.4) is 0 Å². The lowest BCUT2D eigenvalue weighted by Crippen LogP contribution is -2.40. The van der Waals surface area contributed by atoms with Crippen molar-refractivity contribution in [1.82, 2.24) is 9.97 Å². The molecule has 0 radical (unpaired) electrons. The number of halogens is 1. The minimum absolute atomic E-state index is 0.0893. The van der Waals surface area contributed by atoms with Gasteiger partial charge in [0, 0.05) is 23.5 Å². The molecule has 4 rings (SSSR count). The van der Waals surface area contributed by atoms with Crippen molar-refractivity contribution >= 4 is 35.1 Å². The summed E-state index contributed by atoms with van der Waals surface area (Å²) in [7, 11) is 0. The monoisotopic (exact) mass is 464 g/mol. The Kier molecular flexibility index (Phi) is 6.89. The maximum absolute atomic E-state index is 13.0. The predicted octanol–water partition coefficient (Wildman–Crippen LogP) is 4.53. The molecule has 2 N–H and O–H groups in total. The third-order valence-corrected chi connectivity index (χ3v) is 6.12. The molecule has 8 heteroatoms. The number of carboxylic acids is 1. The van der Waals surface area contributed by atoms with Crippen molar-refractivity contribution in [3.63, 3.8) is 0 Å². The molecule has 1 fully saturated rings. The van der Waals surface area contributed by atoms with E-state index < -0.39 is 12.0 Å². The summed E-state index contributed by atoms with van der Waals surface area (Å²) in [6.07, 6.45) is 3.96. The van der Waals surface area contributed by atoms with Crippen LogP contribution in [-0.2, 0) is 17.6 Å². The van der Waals surface area contributed by atoms with E-state index in [1.807, 2.05) is 36.1 Å². The van der Waals surface area contributed by atoms with Gasteiger partial charge in [0.15, 0.2) is 0 Å². The van der Waals surface area contributed by atoms with Gasteiger partial charge in [-0.05, 0) is 61.9 Å². The maximum Gasteiger partial charge on any atom is 0.339 e. The topological polar surface area (TPSA) is 95.4 Å². The van der Waals surface area contributed by atoms with Crippen LogP contribution >= 0.6 is 11.6 Å². The molecule has 1 atom stereocenters. The number of aromatic nitrogens is 2. The van der Waals surface area contributed by atoms with E-state index in [0.717, 1.165) is 17.5 Å². The summed E-state index contributed by atoms with van der Waals surface area (Å²) in [5, 5.41) is 13.1. The number of carbonyl (C=O) groups excluding carboxylic acids is 1. The first kappa shape index (κ1) is 22.7. The summed E-state index contributed by atoms with van der Waals surface area (Å²) >= 11 is 6.02. The first-order valence-electron chi connectivity index (χ1n) is 10.9. The van der Waals surface area contributed by atoms with Gasteiger partial charge in [-0.3, -0.25) is 4.79 Å². The summed E-state index contributed by atoms with van der Waals surface area (Å²) in [6.45, 7) is 2.66. The van der Waals surface area contributed by atoms with Gasteiger partial charge in [-0.2, -0.15) is 0 Å². The maximum atomic E-state index is 13.0. The zero-order valence-corrected chi connectivity index (χ0v) is 19.0. The summed E-state index contributed by atoms with van der Waals surface area (Å²) in [6, 6.07) is 14.6. The predicted molar refractivity (Wildman–Crippen MR) is 128 cm³/mol. The fourth-order valence-corrected chi connectivity index (χ4v) is 4.32. The van der Waals surface area contributed by atoms with Gasteiger partial charge in [0.25, 0.3) is 0 Å². The van der Waals surface area contributed by atoms with Crippen molar-refractivity contribution in [2.24, 2.45) is 0 Å². The number of rotatable bonds is 7. The number of hydrogen-bond acceptors (Lipinski definition) is 5. The van der Waals surface area contributed by atoms with Gasteiger partial charge in [0.1, 0.15) is 6.04 Å². The van der Waals surface area contributed by atoms with E-state index in [9.17, 15) is 14.7 Å². The fraction of sp³-hybridized carbons (Fsp3) is 0.280. The van der Waals surface area contributed by atoms with Gasteiger partial charge >= 0.3 is 5.97 Å². The zero-order valence-electron chi connectivity index (χ0n) is 18.3. The lowest BCUT2D eigenvalue weighted by atomic mass is 10.0. The van der Waals surface area contributed by atoms with E-state index in [4.69, 9.17) is 11.6 Å². The van der Waals surface area contributed by atoms with Crippen LogP contribution in [0.5, 0.6) is 0 Å². The van der Waals surface area contributed by atoms with Crippen molar-refractivity contribution in [1.29, 1.82) is 0 Å². The van der Waals surface area contributed by atoms with Crippen LogP contribution in [-0.4, -0.2) is 39.5 Å². The van der Waals surface area contributed by atoms with Crippen LogP contribution in [0.25, 0.3) is 0 Å². The van der Waals surface area contributed by atoms with Gasteiger partial charge in [0.2, 0.25) is 11.9 Å². The third-order valence-electron chi connectivity index (χ3n) is 5.88. The largest absolute Gasteiger partial charge is 0.478 e. The molecule has 33 heavy (non-hydrogen) atoms. The van der Waals surface area contributed by atoms with E-state index in [2.05, 4.69) is 15.3 Å². The molecule has 0 saturated carbocycles. The van der Waals surface area contributed by atoms with Crippen molar-refractivity contribution in [3.8, 4) is 0 Å². The number of aryl methyl sites for hydroxylation is 3. The Morgan fingerprint density at radius 3 is 2.76 bits per heavy atom. The van der Waals surface area contributed by atoms with Crippen LogP contribution in [0.1, 0.15) is 40.0 Å². The third kappa shape index (κ3) is 5.31. The molecule has 0 aliphatic carbocycles. The van der Waals surface area contributed by atoms with Crippen LogP contribution in [0, 0.1) is 6.92 Å². The van der Waals surface area contributed by atoms with Crippen LogP contribution in [0.4, 0.5) is 11.6 Å². The number of nitrogens with zero attached hydrogens (tertiary/aromatic N) is 3. The lowest BCUT2D eigenvalue weighted by molar-refractivity contribution is -0.117. The van der Waals surface area contributed by atoms with Crippen LogP contribution in [0.2, 0.25) is 5.02 Å². The zero-order chi connectivity index (χ0) is 23.4. The number of carboxylic acid groups (broad SMARTS) is 1. The SMILES string of the molecule is Cc1ccccc1CCc1nc(N2CCCC2C(=O)Nc2cccc(Cl)c2)ncc1C(=O)O. The highest BCUT2D eigenvalue weighted by molar-refractivity contribution is 6.30. The van der Waals surface area contributed by atoms with E-state index in [1.165, 1.54) is 6.20 Å². The molecule has 1 unspecified atom stereocenters. The Morgan fingerprint density at radius 2 is 2.00 bits per heavy atom. The number of carbonyl (C=O) groups is 2. The van der Waals surface area contributed by atoms with Crippen LogP contribution in [0.15, 0.2) is 54.7 Å². The number of hydrogen-bond donors (Lipinski definition) is 2. The van der Waals surface area contributed by atoms with Gasteiger partial charge in [0.05, 0.1) is 11.3 Å². The van der Waals surface area contributed by atoms with Crippen LogP contribution < -0.4 is 10.2 Å². The number of nitrogens with one attached hydrogen (secondary N) is 1. The average molecular weight is 465 g/mol. The van der Waals surface area contributed by atoms with Crippen molar-refractivity contribution in [2.45, 2.75) is 38.6 Å². The van der Waals surface area contributed by atoms with Gasteiger partial charge in [-0.25, -0.2) is 14.8 Å². The lowest BCUT2D eigenvalue weighted by Gasteiger charge is -2.24. The van der Waals surface area contributed by atoms with Gasteiger partial charge in [-0.15, -0.1) is 0 Å². The average Bonchev–Trinajstić information content (AvgIpc) is 3.28. The summed E-state index contributed by atoms with van der Waals surface area (Å²) in [5.41, 5.74) is 3.48. The summed E-state index contributed by atoms with van der Waals surface area (Å²) < 4.78 is 0. The van der Waals surface area contributed by atoms with Crippen molar-refractivity contribution in [2.75, 3.05) is 16.8 Å². The van der Waals surface area contributed by atoms with Gasteiger partial charge < -0.3 is 15.3 Å². The second-order valence-electron chi connectivity index (χ2n) is 8.11. The summed E-state index contributed by atoms with van der Waals surface area (Å²) in [4.78, 5) is 35.5. The number of benzene rings is 2. The molecule has 0 bridgehead atoms. The second-order valence-corrected chi connectivity index (χ2v) is 8.55. The first-order valence-corrected chi connectivity index (χ1v) is 11.3. The molecule has 7 nitrogen and oxygen atoms in total. The number of anilines is 2. The highest BCUT2D eigenvalue weighted by Gasteiger charge is 2.33. The molecule has 1 aliphatic rings.